The van der Waals surface area contributed by atoms with E-state index in [4.69, 9.17) is 10.5 Å². The summed E-state index contributed by atoms with van der Waals surface area (Å²) in [6.45, 7) is 7.96. The van der Waals surface area contributed by atoms with Crippen molar-refractivity contribution in [2.24, 2.45) is 5.92 Å². The predicted molar refractivity (Wildman–Crippen MR) is 81.9 cm³/mol. The fourth-order valence-corrected chi connectivity index (χ4v) is 2.45. The molecule has 0 spiro atoms. The zero-order chi connectivity index (χ0) is 14.5. The zero-order valence-corrected chi connectivity index (χ0v) is 12.0. The summed E-state index contributed by atoms with van der Waals surface area (Å²) in [6.07, 6.45) is 3.85. The van der Waals surface area contributed by atoms with Gasteiger partial charge in [0, 0.05) is 18.8 Å². The van der Waals surface area contributed by atoms with Gasteiger partial charge in [-0.15, -0.1) is 0 Å². The van der Waals surface area contributed by atoms with Crippen LogP contribution in [-0.4, -0.2) is 25.7 Å². The Balaban J connectivity index is 2.23. The average molecular weight is 274 g/mol. The van der Waals surface area contributed by atoms with Crippen LogP contribution in [0.15, 0.2) is 30.9 Å². The van der Waals surface area contributed by atoms with Crippen molar-refractivity contribution < 1.29 is 9.53 Å². The number of nitrogens with two attached hydrogens (primary N) is 1. The van der Waals surface area contributed by atoms with Crippen molar-refractivity contribution in [1.82, 2.24) is 0 Å². The Morgan fingerprint density at radius 1 is 1.50 bits per heavy atom. The number of carbonyl (C=O) groups is 1. The Morgan fingerprint density at radius 2 is 2.20 bits per heavy atom. The molecule has 0 unspecified atom stereocenters. The molecule has 1 aromatic carbocycles. The van der Waals surface area contributed by atoms with E-state index in [1.807, 2.05) is 12.1 Å². The van der Waals surface area contributed by atoms with Crippen molar-refractivity contribution >= 4 is 17.3 Å². The molecule has 0 amide bonds. The third kappa shape index (κ3) is 3.32. The molecule has 0 aromatic heterocycles. The summed E-state index contributed by atoms with van der Waals surface area (Å²) in [7, 11) is 0. The minimum absolute atomic E-state index is 0.212. The van der Waals surface area contributed by atoms with Crippen LogP contribution in [0.5, 0.6) is 0 Å². The summed E-state index contributed by atoms with van der Waals surface area (Å²) in [4.78, 5) is 14.4. The van der Waals surface area contributed by atoms with E-state index in [9.17, 15) is 4.79 Å². The van der Waals surface area contributed by atoms with Gasteiger partial charge in [0.05, 0.1) is 11.3 Å². The lowest BCUT2D eigenvalue weighted by atomic mass is 9.98. The summed E-state index contributed by atoms with van der Waals surface area (Å²) in [5, 5.41) is 0. The summed E-state index contributed by atoms with van der Waals surface area (Å²) in [6, 6.07) is 5.44. The Hall–Kier alpha value is -1.97. The van der Waals surface area contributed by atoms with E-state index in [0.717, 1.165) is 37.5 Å². The SMILES string of the molecule is C=CCOC(=O)c1cc(N)ccc1N1CCC(C)CC1. The molecular weight excluding hydrogens is 252 g/mol. The van der Waals surface area contributed by atoms with Crippen LogP contribution < -0.4 is 10.6 Å². The molecule has 1 aliphatic rings. The number of ether oxygens (including phenoxy) is 1. The van der Waals surface area contributed by atoms with E-state index >= 15 is 0 Å². The lowest BCUT2D eigenvalue weighted by Gasteiger charge is -2.33. The Bertz CT molecular complexity index is 491. The average Bonchev–Trinajstić information content (AvgIpc) is 2.46. The van der Waals surface area contributed by atoms with E-state index in [0.29, 0.717) is 11.3 Å². The molecule has 1 fully saturated rings. The standard InChI is InChI=1S/C16H22N2O2/c1-3-10-20-16(19)14-11-13(17)4-5-15(14)18-8-6-12(2)7-9-18/h3-5,11-12H,1,6-10,17H2,2H3. The molecule has 0 bridgehead atoms. The zero-order valence-electron chi connectivity index (χ0n) is 12.0. The summed E-state index contributed by atoms with van der Waals surface area (Å²) in [5.41, 5.74) is 7.83. The lowest BCUT2D eigenvalue weighted by Crippen LogP contribution is -2.34. The highest BCUT2D eigenvalue weighted by Crippen LogP contribution is 2.28. The largest absolute Gasteiger partial charge is 0.458 e. The van der Waals surface area contributed by atoms with Gasteiger partial charge in [0.15, 0.2) is 0 Å². The van der Waals surface area contributed by atoms with Gasteiger partial charge in [0.1, 0.15) is 6.61 Å². The van der Waals surface area contributed by atoms with Crippen molar-refractivity contribution in [1.29, 1.82) is 0 Å². The third-order valence-corrected chi connectivity index (χ3v) is 3.70. The van der Waals surface area contributed by atoms with Gasteiger partial charge in [0.25, 0.3) is 0 Å². The molecule has 20 heavy (non-hydrogen) atoms. The van der Waals surface area contributed by atoms with Crippen molar-refractivity contribution in [3.63, 3.8) is 0 Å². The van der Waals surface area contributed by atoms with Gasteiger partial charge in [-0.05, 0) is 37.0 Å². The number of esters is 1. The fourth-order valence-electron chi connectivity index (χ4n) is 2.45. The molecule has 1 saturated heterocycles. The molecule has 0 saturated carbocycles. The molecule has 1 aliphatic heterocycles. The van der Waals surface area contributed by atoms with Gasteiger partial charge in [-0.1, -0.05) is 19.6 Å². The maximum absolute atomic E-state index is 12.1. The monoisotopic (exact) mass is 274 g/mol. The second kappa shape index (κ2) is 6.46. The number of hydrogen-bond acceptors (Lipinski definition) is 4. The van der Waals surface area contributed by atoms with Crippen LogP contribution in [0.4, 0.5) is 11.4 Å². The van der Waals surface area contributed by atoms with Crippen LogP contribution in [0.1, 0.15) is 30.1 Å². The van der Waals surface area contributed by atoms with Crippen LogP contribution in [0.25, 0.3) is 0 Å². The Kier molecular flexibility index (Phi) is 4.66. The topological polar surface area (TPSA) is 55.6 Å². The highest BCUT2D eigenvalue weighted by atomic mass is 16.5. The number of carbonyl (C=O) groups excluding carboxylic acids is 1. The first-order chi connectivity index (χ1) is 9.61. The minimum Gasteiger partial charge on any atom is -0.458 e. The van der Waals surface area contributed by atoms with Crippen molar-refractivity contribution in [3.8, 4) is 0 Å². The third-order valence-electron chi connectivity index (χ3n) is 3.70. The van der Waals surface area contributed by atoms with Gasteiger partial charge in [0.2, 0.25) is 0 Å². The Morgan fingerprint density at radius 3 is 2.85 bits per heavy atom. The van der Waals surface area contributed by atoms with E-state index in [1.54, 1.807) is 12.1 Å². The number of piperidine rings is 1. The van der Waals surface area contributed by atoms with Crippen LogP contribution in [-0.2, 0) is 4.74 Å². The van der Waals surface area contributed by atoms with Crippen molar-refractivity contribution in [2.45, 2.75) is 19.8 Å². The van der Waals surface area contributed by atoms with E-state index < -0.39 is 0 Å². The van der Waals surface area contributed by atoms with E-state index in [-0.39, 0.29) is 12.6 Å². The smallest absolute Gasteiger partial charge is 0.340 e. The molecule has 0 radical (unpaired) electrons. The first-order valence-corrected chi connectivity index (χ1v) is 7.04. The van der Waals surface area contributed by atoms with Gasteiger partial charge in [-0.25, -0.2) is 4.79 Å². The lowest BCUT2D eigenvalue weighted by molar-refractivity contribution is 0.0550. The number of hydrogen-bond donors (Lipinski definition) is 1. The van der Waals surface area contributed by atoms with Gasteiger partial charge < -0.3 is 15.4 Å². The number of benzene rings is 1. The molecule has 2 rings (SSSR count). The van der Waals surface area contributed by atoms with Crippen molar-refractivity contribution in [2.75, 3.05) is 30.3 Å². The normalized spacial score (nSPS) is 15.9. The molecule has 4 heteroatoms. The predicted octanol–water partition coefficient (Wildman–Crippen LogP) is 2.85. The van der Waals surface area contributed by atoms with Crippen LogP contribution >= 0.6 is 0 Å². The van der Waals surface area contributed by atoms with Crippen molar-refractivity contribution in [3.05, 3.63) is 36.4 Å². The first kappa shape index (κ1) is 14.4. The molecule has 108 valence electrons. The summed E-state index contributed by atoms with van der Waals surface area (Å²) < 4.78 is 5.15. The van der Waals surface area contributed by atoms with Gasteiger partial charge in [-0.3, -0.25) is 0 Å². The quantitative estimate of drug-likeness (QED) is 0.521. The van der Waals surface area contributed by atoms with Crippen LogP contribution in [0.3, 0.4) is 0 Å². The van der Waals surface area contributed by atoms with Gasteiger partial charge >= 0.3 is 5.97 Å². The summed E-state index contributed by atoms with van der Waals surface area (Å²) in [5.74, 6) is 0.405. The fraction of sp³-hybridized carbons (Fsp3) is 0.438. The molecule has 2 N–H and O–H groups in total. The number of nitrogen functional groups attached to an aromatic ring is 1. The van der Waals surface area contributed by atoms with Crippen LogP contribution in [0.2, 0.25) is 0 Å². The number of rotatable bonds is 4. The maximum Gasteiger partial charge on any atom is 0.340 e. The highest BCUT2D eigenvalue weighted by Gasteiger charge is 2.21. The number of nitrogens with zero attached hydrogens (tertiary/aromatic N) is 1. The summed E-state index contributed by atoms with van der Waals surface area (Å²) >= 11 is 0. The second-order valence-electron chi connectivity index (χ2n) is 5.33. The molecule has 0 aliphatic carbocycles. The molecule has 1 aromatic rings. The minimum atomic E-state index is -0.342. The van der Waals surface area contributed by atoms with Gasteiger partial charge in [-0.2, -0.15) is 0 Å². The highest BCUT2D eigenvalue weighted by molar-refractivity contribution is 5.97. The molecule has 0 atom stereocenters. The molecule has 4 nitrogen and oxygen atoms in total. The first-order valence-electron chi connectivity index (χ1n) is 7.04. The molecule has 1 heterocycles. The molecular formula is C16H22N2O2. The number of anilines is 2. The Labute approximate surface area is 120 Å². The maximum atomic E-state index is 12.1. The van der Waals surface area contributed by atoms with Crippen LogP contribution in [0, 0.1) is 5.92 Å². The van der Waals surface area contributed by atoms with E-state index in [1.165, 1.54) is 0 Å². The second-order valence-corrected chi connectivity index (χ2v) is 5.33. The van der Waals surface area contributed by atoms with E-state index in [2.05, 4.69) is 18.4 Å².